The lowest BCUT2D eigenvalue weighted by atomic mass is 9.81. The molecule has 0 fully saturated rings. The van der Waals surface area contributed by atoms with Crippen LogP contribution in [0.25, 0.3) is 70.5 Å². The van der Waals surface area contributed by atoms with E-state index in [-0.39, 0.29) is 24.0 Å². The fourth-order valence-electron chi connectivity index (χ4n) is 7.91. The molecule has 7 nitrogen and oxygen atoms in total. The van der Waals surface area contributed by atoms with Crippen molar-refractivity contribution in [2.24, 2.45) is 0 Å². The number of aromatic nitrogens is 2. The van der Waals surface area contributed by atoms with Gasteiger partial charge in [0.05, 0.1) is 22.3 Å². The van der Waals surface area contributed by atoms with Crippen LogP contribution in [-0.2, 0) is 6.61 Å². The van der Waals surface area contributed by atoms with Crippen molar-refractivity contribution in [3.63, 3.8) is 0 Å². The maximum Gasteiger partial charge on any atom is 0.266 e. The van der Waals surface area contributed by atoms with Gasteiger partial charge < -0.3 is 4.74 Å². The molecule has 2 aliphatic heterocycles. The number of fused-ring (bicyclic) bond motifs is 5. The van der Waals surface area contributed by atoms with E-state index in [0.29, 0.717) is 39.0 Å². The van der Waals surface area contributed by atoms with E-state index in [9.17, 15) is 14.4 Å². The third kappa shape index (κ3) is 2.37. The molecule has 44 heavy (non-hydrogen) atoms. The number of rotatable bonds is 1. The number of carbonyl (C=O) groups excluding carboxylic acids is 2. The van der Waals surface area contributed by atoms with Crippen LogP contribution in [0, 0.1) is 0 Å². The van der Waals surface area contributed by atoms with Gasteiger partial charge in [0.15, 0.2) is 0 Å². The highest BCUT2D eigenvalue weighted by Gasteiger charge is 2.37. The predicted molar refractivity (Wildman–Crippen MR) is 171 cm³/mol. The Morgan fingerprint density at radius 1 is 0.614 bits per heavy atom. The van der Waals surface area contributed by atoms with Gasteiger partial charge >= 0.3 is 0 Å². The molecule has 0 saturated carbocycles. The Balaban J connectivity index is 1.35. The number of benzene rings is 7. The van der Waals surface area contributed by atoms with Crippen molar-refractivity contribution in [3.8, 4) is 5.75 Å². The highest BCUT2D eigenvalue weighted by Crippen LogP contribution is 2.52. The van der Waals surface area contributed by atoms with Crippen molar-refractivity contribution in [1.82, 2.24) is 9.38 Å². The molecule has 7 heteroatoms. The summed E-state index contributed by atoms with van der Waals surface area (Å²) in [7, 11) is 0. The molecule has 7 aromatic carbocycles. The Morgan fingerprint density at radius 2 is 1.34 bits per heavy atom. The molecule has 0 spiro atoms. The van der Waals surface area contributed by atoms with Gasteiger partial charge in [-0.25, -0.2) is 9.88 Å². The maximum absolute atomic E-state index is 14.2. The van der Waals surface area contributed by atoms with Crippen molar-refractivity contribution in [1.29, 1.82) is 0 Å². The molecule has 204 valence electrons. The Morgan fingerprint density at radius 3 is 2.20 bits per heavy atom. The van der Waals surface area contributed by atoms with E-state index in [1.165, 1.54) is 4.90 Å². The molecule has 2 aliphatic rings. The van der Waals surface area contributed by atoms with Gasteiger partial charge in [-0.2, -0.15) is 0 Å². The van der Waals surface area contributed by atoms with Crippen LogP contribution in [0.15, 0.2) is 95.8 Å². The van der Waals surface area contributed by atoms with E-state index in [0.717, 1.165) is 59.7 Å². The van der Waals surface area contributed by atoms with Crippen LogP contribution in [0.5, 0.6) is 5.75 Å². The lowest BCUT2D eigenvalue weighted by Gasteiger charge is -2.31. The second-order valence-electron chi connectivity index (χ2n) is 11.7. The number of hydrogen-bond acceptors (Lipinski definition) is 5. The summed E-state index contributed by atoms with van der Waals surface area (Å²) in [6.07, 6.45) is 0. The zero-order chi connectivity index (χ0) is 29.0. The summed E-state index contributed by atoms with van der Waals surface area (Å²) >= 11 is 0. The Hall–Kier alpha value is -6.08. The number of imidazole rings is 1. The molecule has 0 saturated heterocycles. The second kappa shape index (κ2) is 7.27. The molecule has 0 atom stereocenters. The van der Waals surface area contributed by atoms with Gasteiger partial charge in [0.25, 0.3) is 17.4 Å². The van der Waals surface area contributed by atoms with Crippen LogP contribution in [-0.4, -0.2) is 21.2 Å². The van der Waals surface area contributed by atoms with Crippen LogP contribution < -0.4 is 15.2 Å². The number of hydrogen-bond donors (Lipinski definition) is 0. The van der Waals surface area contributed by atoms with E-state index in [2.05, 4.69) is 6.07 Å². The van der Waals surface area contributed by atoms with E-state index in [1.54, 1.807) is 22.6 Å². The van der Waals surface area contributed by atoms with Crippen LogP contribution in [0.3, 0.4) is 0 Å². The first-order valence-corrected chi connectivity index (χ1v) is 14.5. The topological polar surface area (TPSA) is 81.0 Å². The van der Waals surface area contributed by atoms with Crippen molar-refractivity contribution in [2.45, 2.75) is 6.61 Å². The van der Waals surface area contributed by atoms with Gasteiger partial charge in [-0.1, -0.05) is 42.5 Å². The molecule has 2 aromatic heterocycles. The van der Waals surface area contributed by atoms with Crippen LogP contribution in [0.4, 0.5) is 5.69 Å². The van der Waals surface area contributed by atoms with E-state index in [1.807, 2.05) is 66.7 Å². The smallest absolute Gasteiger partial charge is 0.266 e. The molecule has 0 aliphatic carbocycles. The number of carbonyl (C=O) groups is 2. The fourth-order valence-corrected chi connectivity index (χ4v) is 7.91. The van der Waals surface area contributed by atoms with Gasteiger partial charge in [-0.3, -0.25) is 18.8 Å². The molecule has 0 bridgehead atoms. The Kier molecular flexibility index (Phi) is 3.72. The van der Waals surface area contributed by atoms with Gasteiger partial charge in [-0.15, -0.1) is 0 Å². The molecule has 0 N–H and O–H groups in total. The average molecular weight is 568 g/mol. The summed E-state index contributed by atoms with van der Waals surface area (Å²) in [5.74, 6) is -0.115. The molecular weight excluding hydrogens is 550 g/mol. The molecule has 9 aromatic rings. The van der Waals surface area contributed by atoms with E-state index in [4.69, 9.17) is 9.72 Å². The van der Waals surface area contributed by atoms with Gasteiger partial charge in [-0.05, 0) is 70.3 Å². The number of pyridine rings is 1. The molecule has 2 amide bonds. The fraction of sp³-hybridized carbons (Fsp3) is 0.0270. The summed E-state index contributed by atoms with van der Waals surface area (Å²) in [5, 5.41) is 8.64. The van der Waals surface area contributed by atoms with Crippen molar-refractivity contribution in [3.05, 3.63) is 118 Å². The molecule has 11 rings (SSSR count). The van der Waals surface area contributed by atoms with E-state index >= 15 is 0 Å². The SMILES string of the molecule is O=C1c2ccc3c4ccc5c6c(cc7c(c8c(cc(c2c38)C(=O)N1c1ccccc1)OC7)c46)c(=O)n1c2ccccc2nc51. The third-order valence-electron chi connectivity index (χ3n) is 9.65. The maximum atomic E-state index is 14.2. The normalized spacial score (nSPS) is 14.6. The van der Waals surface area contributed by atoms with Crippen molar-refractivity contribution >= 4 is 88.0 Å². The third-order valence-corrected chi connectivity index (χ3v) is 9.65. The highest BCUT2D eigenvalue weighted by molar-refractivity contribution is 6.45. The molecule has 0 unspecified atom stereocenters. The number of amides is 2. The minimum Gasteiger partial charge on any atom is -0.488 e. The first kappa shape index (κ1) is 22.5. The van der Waals surface area contributed by atoms with Gasteiger partial charge in [0.1, 0.15) is 18.0 Å². The summed E-state index contributed by atoms with van der Waals surface area (Å²) in [6.45, 7) is 0.259. The predicted octanol–water partition coefficient (Wildman–Crippen LogP) is 7.18. The molecule has 4 heterocycles. The number of imide groups is 1. The number of nitrogens with zero attached hydrogens (tertiary/aromatic N) is 3. The number of para-hydroxylation sites is 3. The van der Waals surface area contributed by atoms with E-state index < -0.39 is 0 Å². The van der Waals surface area contributed by atoms with Crippen LogP contribution in [0.2, 0.25) is 0 Å². The standard InChI is InChI=1S/C37H17N3O4/c41-35-22-13-11-20-19-10-12-21-29-23(37(43)40-26-9-5-4-8-25(26)38-34(21)40)14-17-16-44-27-15-24(30(22)32(20)33(27)28(17)31(19)29)36(42)39(35)18-6-2-1-3-7-18/h1-15H,16H2. The molecule has 0 radical (unpaired) electrons. The number of anilines is 1. The Labute approximate surface area is 246 Å². The zero-order valence-corrected chi connectivity index (χ0v) is 22.8. The quantitative estimate of drug-likeness (QED) is 0.119. The summed E-state index contributed by atoms with van der Waals surface area (Å²) in [4.78, 5) is 48.3. The largest absolute Gasteiger partial charge is 0.488 e. The average Bonchev–Trinajstić information content (AvgIpc) is 3.46. The first-order chi connectivity index (χ1) is 21.6. The minimum absolute atomic E-state index is 0.111. The lowest BCUT2D eigenvalue weighted by Crippen LogP contribution is -2.40. The van der Waals surface area contributed by atoms with Crippen LogP contribution in [0.1, 0.15) is 26.3 Å². The summed E-state index contributed by atoms with van der Waals surface area (Å²) in [5.41, 5.74) is 4.43. The summed E-state index contributed by atoms with van der Waals surface area (Å²) < 4.78 is 8.09. The lowest BCUT2D eigenvalue weighted by molar-refractivity contribution is 0.0893. The summed E-state index contributed by atoms with van der Waals surface area (Å²) in [6, 6.07) is 28.4. The Bertz CT molecular complexity index is 2890. The minimum atomic E-state index is -0.372. The monoisotopic (exact) mass is 567 g/mol. The second-order valence-corrected chi connectivity index (χ2v) is 11.7. The van der Waals surface area contributed by atoms with Crippen molar-refractivity contribution in [2.75, 3.05) is 4.90 Å². The van der Waals surface area contributed by atoms with Crippen molar-refractivity contribution < 1.29 is 14.3 Å². The van der Waals surface area contributed by atoms with Gasteiger partial charge in [0, 0.05) is 43.3 Å². The first-order valence-electron chi connectivity index (χ1n) is 14.5. The number of ether oxygens (including phenoxy) is 1. The van der Waals surface area contributed by atoms with Crippen LogP contribution >= 0.6 is 0 Å². The molecular formula is C37H17N3O4. The highest BCUT2D eigenvalue weighted by atomic mass is 16.5. The van der Waals surface area contributed by atoms with Gasteiger partial charge in [0.2, 0.25) is 0 Å². The zero-order valence-electron chi connectivity index (χ0n) is 22.8.